The number of nitrogens with zero attached hydrogens (tertiary/aromatic N) is 2. The lowest BCUT2D eigenvalue weighted by atomic mass is 10.1. The quantitative estimate of drug-likeness (QED) is 0.770. The van der Waals surface area contributed by atoms with Crippen LogP contribution in [0.5, 0.6) is 0 Å². The molecule has 138 valence electrons. The third-order valence-electron chi connectivity index (χ3n) is 4.90. The number of hydrogen-bond donors (Lipinski definition) is 1. The van der Waals surface area contributed by atoms with Crippen molar-refractivity contribution >= 4 is 34.6 Å². The lowest BCUT2D eigenvalue weighted by Gasteiger charge is -2.36. The normalized spacial score (nSPS) is 15.2. The average Bonchev–Trinajstić information content (AvgIpc) is 2.63. The van der Waals surface area contributed by atoms with Gasteiger partial charge in [0.2, 0.25) is 0 Å². The van der Waals surface area contributed by atoms with Gasteiger partial charge < -0.3 is 10.2 Å². The molecule has 3 nitrogen and oxygen atoms in total. The summed E-state index contributed by atoms with van der Waals surface area (Å²) >= 11 is 11.5. The SMILES string of the molecule is Cc1cccc(NC(=S)N2CCN(Cc3ccc(F)c(Cl)c3)CC2)c1C. The van der Waals surface area contributed by atoms with Gasteiger partial charge in [-0.05, 0) is 61.0 Å². The Kier molecular flexibility index (Phi) is 6.12. The molecule has 0 spiro atoms. The molecule has 6 heteroatoms. The zero-order valence-corrected chi connectivity index (χ0v) is 16.6. The van der Waals surface area contributed by atoms with Gasteiger partial charge in [0, 0.05) is 38.4 Å². The molecule has 1 aliphatic heterocycles. The maximum atomic E-state index is 13.3. The van der Waals surface area contributed by atoms with Crippen molar-refractivity contribution in [1.29, 1.82) is 0 Å². The van der Waals surface area contributed by atoms with Crippen LogP contribution >= 0.6 is 23.8 Å². The molecule has 0 radical (unpaired) electrons. The molecule has 1 N–H and O–H groups in total. The Morgan fingerprint density at radius 2 is 1.88 bits per heavy atom. The standard InChI is InChI=1S/C20H23ClFN3S/c1-14-4-3-5-19(15(14)2)23-20(26)25-10-8-24(9-11-25)13-16-6-7-18(22)17(21)12-16/h3-7,12H,8-11,13H2,1-2H3,(H,23,26). The number of halogens is 2. The van der Waals surface area contributed by atoms with Crippen LogP contribution in [0, 0.1) is 19.7 Å². The molecule has 1 aliphatic rings. The van der Waals surface area contributed by atoms with Gasteiger partial charge in [-0.2, -0.15) is 0 Å². The number of benzene rings is 2. The molecular formula is C20H23ClFN3S. The van der Waals surface area contributed by atoms with Crippen LogP contribution in [-0.4, -0.2) is 41.1 Å². The van der Waals surface area contributed by atoms with Gasteiger partial charge in [-0.3, -0.25) is 4.90 Å². The van der Waals surface area contributed by atoms with Gasteiger partial charge in [0.25, 0.3) is 0 Å². The average molecular weight is 392 g/mol. The third kappa shape index (κ3) is 4.53. The predicted octanol–water partition coefficient (Wildman–Crippen LogP) is 4.61. The van der Waals surface area contributed by atoms with E-state index in [1.165, 1.54) is 17.2 Å². The number of hydrogen-bond acceptors (Lipinski definition) is 2. The highest BCUT2D eigenvalue weighted by atomic mass is 35.5. The van der Waals surface area contributed by atoms with Crippen molar-refractivity contribution in [3.05, 3.63) is 63.9 Å². The lowest BCUT2D eigenvalue weighted by molar-refractivity contribution is 0.177. The van der Waals surface area contributed by atoms with Crippen LogP contribution in [0.25, 0.3) is 0 Å². The molecule has 0 aliphatic carbocycles. The minimum Gasteiger partial charge on any atom is -0.346 e. The van der Waals surface area contributed by atoms with Crippen molar-refractivity contribution in [3.8, 4) is 0 Å². The van der Waals surface area contributed by atoms with E-state index in [1.54, 1.807) is 12.1 Å². The van der Waals surface area contributed by atoms with Gasteiger partial charge in [-0.25, -0.2) is 4.39 Å². The van der Waals surface area contributed by atoms with Crippen molar-refractivity contribution in [2.24, 2.45) is 0 Å². The molecule has 1 saturated heterocycles. The van der Waals surface area contributed by atoms with Crippen molar-refractivity contribution in [1.82, 2.24) is 9.80 Å². The lowest BCUT2D eigenvalue weighted by Crippen LogP contribution is -2.49. The number of anilines is 1. The third-order valence-corrected chi connectivity index (χ3v) is 5.55. The Morgan fingerprint density at radius 3 is 2.58 bits per heavy atom. The summed E-state index contributed by atoms with van der Waals surface area (Å²) < 4.78 is 13.3. The van der Waals surface area contributed by atoms with E-state index in [0.29, 0.717) is 0 Å². The molecule has 1 heterocycles. The van der Waals surface area contributed by atoms with Gasteiger partial charge in [-0.15, -0.1) is 0 Å². The van der Waals surface area contributed by atoms with Gasteiger partial charge >= 0.3 is 0 Å². The molecule has 0 aromatic heterocycles. The number of piperazine rings is 1. The zero-order chi connectivity index (χ0) is 18.7. The van der Waals surface area contributed by atoms with Crippen LogP contribution in [-0.2, 0) is 6.54 Å². The number of nitrogens with one attached hydrogen (secondary N) is 1. The smallest absolute Gasteiger partial charge is 0.173 e. The molecule has 0 saturated carbocycles. The number of thiocarbonyl (C=S) groups is 1. The maximum absolute atomic E-state index is 13.3. The number of rotatable bonds is 3. The summed E-state index contributed by atoms with van der Waals surface area (Å²) in [6, 6.07) is 11.1. The second kappa shape index (κ2) is 8.33. The minimum absolute atomic E-state index is 0.181. The fourth-order valence-electron chi connectivity index (χ4n) is 3.09. The first-order valence-corrected chi connectivity index (χ1v) is 9.51. The molecule has 0 unspecified atom stereocenters. The maximum Gasteiger partial charge on any atom is 0.173 e. The summed E-state index contributed by atoms with van der Waals surface area (Å²) in [6.45, 7) is 8.52. The van der Waals surface area contributed by atoms with E-state index in [9.17, 15) is 4.39 Å². The van der Waals surface area contributed by atoms with E-state index in [0.717, 1.165) is 49.1 Å². The van der Waals surface area contributed by atoms with Crippen LogP contribution in [0.2, 0.25) is 5.02 Å². The van der Waals surface area contributed by atoms with E-state index < -0.39 is 0 Å². The van der Waals surface area contributed by atoms with Gasteiger partial charge in [0.15, 0.2) is 5.11 Å². The number of aryl methyl sites for hydroxylation is 1. The Morgan fingerprint density at radius 1 is 1.15 bits per heavy atom. The Hall–Kier alpha value is -1.69. The molecule has 26 heavy (non-hydrogen) atoms. The fourth-order valence-corrected chi connectivity index (χ4v) is 3.58. The Bertz CT molecular complexity index is 804. The van der Waals surface area contributed by atoms with Gasteiger partial charge in [0.1, 0.15) is 5.82 Å². The first-order chi connectivity index (χ1) is 12.4. The first kappa shape index (κ1) is 19.1. The summed E-state index contributed by atoms with van der Waals surface area (Å²) in [5, 5.41) is 4.33. The van der Waals surface area contributed by atoms with Crippen LogP contribution < -0.4 is 5.32 Å². The van der Waals surface area contributed by atoms with Crippen LogP contribution in [0.15, 0.2) is 36.4 Å². The summed E-state index contributed by atoms with van der Waals surface area (Å²) in [4.78, 5) is 4.53. The molecule has 0 atom stereocenters. The molecule has 1 fully saturated rings. The first-order valence-electron chi connectivity index (χ1n) is 8.72. The van der Waals surface area contributed by atoms with Crippen molar-refractivity contribution in [3.63, 3.8) is 0 Å². The van der Waals surface area contributed by atoms with Crippen molar-refractivity contribution in [2.75, 3.05) is 31.5 Å². The second-order valence-corrected chi connectivity index (χ2v) is 7.48. The molecule has 2 aromatic rings. The molecule has 2 aromatic carbocycles. The highest BCUT2D eigenvalue weighted by molar-refractivity contribution is 7.80. The topological polar surface area (TPSA) is 18.5 Å². The van der Waals surface area contributed by atoms with E-state index >= 15 is 0 Å². The highest BCUT2D eigenvalue weighted by Crippen LogP contribution is 2.20. The van der Waals surface area contributed by atoms with Crippen molar-refractivity contribution < 1.29 is 4.39 Å². The summed E-state index contributed by atoms with van der Waals surface area (Å²) in [6.07, 6.45) is 0. The summed E-state index contributed by atoms with van der Waals surface area (Å²) in [5.41, 5.74) is 4.57. The van der Waals surface area contributed by atoms with E-state index in [4.69, 9.17) is 23.8 Å². The monoisotopic (exact) mass is 391 g/mol. The molecule has 0 bridgehead atoms. The highest BCUT2D eigenvalue weighted by Gasteiger charge is 2.19. The van der Waals surface area contributed by atoms with Gasteiger partial charge in [0.05, 0.1) is 5.02 Å². The van der Waals surface area contributed by atoms with Crippen LogP contribution in [0.1, 0.15) is 16.7 Å². The molecule has 3 rings (SSSR count). The van der Waals surface area contributed by atoms with E-state index in [2.05, 4.69) is 41.1 Å². The van der Waals surface area contributed by atoms with Crippen LogP contribution in [0.3, 0.4) is 0 Å². The minimum atomic E-state index is -0.372. The summed E-state index contributed by atoms with van der Waals surface area (Å²) in [5.74, 6) is -0.372. The van der Waals surface area contributed by atoms with Crippen LogP contribution in [0.4, 0.5) is 10.1 Å². The van der Waals surface area contributed by atoms with Crippen molar-refractivity contribution in [2.45, 2.75) is 20.4 Å². The molecule has 0 amide bonds. The molecular weight excluding hydrogens is 369 g/mol. The predicted molar refractivity (Wildman–Crippen MR) is 110 cm³/mol. The van der Waals surface area contributed by atoms with E-state index in [1.807, 2.05) is 6.07 Å². The fraction of sp³-hybridized carbons (Fsp3) is 0.350. The Balaban J connectivity index is 1.53. The Labute approximate surface area is 164 Å². The van der Waals surface area contributed by atoms with Gasteiger partial charge in [-0.1, -0.05) is 29.8 Å². The largest absolute Gasteiger partial charge is 0.346 e. The summed E-state index contributed by atoms with van der Waals surface area (Å²) in [7, 11) is 0. The van der Waals surface area contributed by atoms with E-state index in [-0.39, 0.29) is 10.8 Å². The zero-order valence-electron chi connectivity index (χ0n) is 15.1. The second-order valence-electron chi connectivity index (χ2n) is 6.69.